The quantitative estimate of drug-likeness (QED) is 0.592. The van der Waals surface area contributed by atoms with Gasteiger partial charge in [-0.2, -0.15) is 26.3 Å². The molecule has 0 heterocycles. The van der Waals surface area contributed by atoms with E-state index in [-0.39, 0.29) is 0 Å². The molecule has 0 atom stereocenters. The zero-order chi connectivity index (χ0) is 12.7. The summed E-state index contributed by atoms with van der Waals surface area (Å²) in [5.41, 5.74) is 0. The van der Waals surface area contributed by atoms with Gasteiger partial charge in [0, 0.05) is 6.08 Å². The third-order valence-electron chi connectivity index (χ3n) is 0.867. The fourth-order valence-electron chi connectivity index (χ4n) is 0.283. The predicted molar refractivity (Wildman–Crippen MR) is 39.2 cm³/mol. The maximum atomic E-state index is 11.1. The van der Waals surface area contributed by atoms with Gasteiger partial charge in [0.15, 0.2) is 0 Å². The summed E-state index contributed by atoms with van der Waals surface area (Å²) in [6.45, 7) is 2.96. The number of rotatable bonds is 2. The molecule has 90 valence electrons. The Labute approximate surface area is 81.2 Å². The number of carboxylic acids is 1. The summed E-state index contributed by atoms with van der Waals surface area (Å²) in [6, 6.07) is 0. The maximum Gasteiger partial charge on any atom is 0.389 e. The Kier molecular flexibility index (Phi) is 6.82. The first-order valence-electron chi connectivity index (χ1n) is 3.47. The summed E-state index contributed by atoms with van der Waals surface area (Å²) >= 11 is 0. The van der Waals surface area contributed by atoms with Gasteiger partial charge in [0.2, 0.25) is 0 Å². The summed E-state index contributed by atoms with van der Waals surface area (Å²) in [5.74, 6) is -0.981. The Morgan fingerprint density at radius 3 is 1.33 bits per heavy atom. The molecule has 0 fully saturated rings. The minimum atomic E-state index is -4.71. The van der Waals surface area contributed by atoms with Crippen molar-refractivity contribution in [1.29, 1.82) is 0 Å². The molecule has 0 aromatic rings. The van der Waals surface area contributed by atoms with Crippen LogP contribution in [0.3, 0.4) is 0 Å². The second-order valence-electron chi connectivity index (χ2n) is 2.27. The molecule has 0 aliphatic rings. The molecule has 15 heavy (non-hydrogen) atoms. The molecule has 8 heteroatoms. The molecule has 0 rings (SSSR count). The highest BCUT2D eigenvalue weighted by molar-refractivity contribution is 5.78. The van der Waals surface area contributed by atoms with Crippen molar-refractivity contribution in [2.24, 2.45) is 0 Å². The molecule has 2 nitrogen and oxygen atoms in total. The molecule has 0 saturated heterocycles. The van der Waals surface area contributed by atoms with Crippen molar-refractivity contribution in [1.82, 2.24) is 0 Å². The first-order chi connectivity index (χ1) is 6.48. The van der Waals surface area contributed by atoms with Gasteiger partial charge in [-0.25, -0.2) is 4.79 Å². The summed E-state index contributed by atoms with van der Waals surface area (Å²) in [6.07, 6.45) is -12.2. The van der Waals surface area contributed by atoms with Crippen LogP contribution < -0.4 is 0 Å². The third-order valence-corrected chi connectivity index (χ3v) is 0.867. The van der Waals surface area contributed by atoms with Gasteiger partial charge in [-0.15, -0.1) is 0 Å². The molecule has 0 aromatic carbocycles. The lowest BCUT2D eigenvalue weighted by Crippen LogP contribution is -2.15. The number of halogens is 6. The van der Waals surface area contributed by atoms with Gasteiger partial charge in [-0.1, -0.05) is 6.58 Å². The number of carbonyl (C=O) groups is 1. The summed E-state index contributed by atoms with van der Waals surface area (Å²) in [4.78, 5) is 9.25. The van der Waals surface area contributed by atoms with Crippen LogP contribution in [0.2, 0.25) is 0 Å². The SMILES string of the molecule is C=CC(=O)O.FC(F)(F)CCC(F)(F)F. The van der Waals surface area contributed by atoms with E-state index in [1.165, 1.54) is 0 Å². The van der Waals surface area contributed by atoms with Gasteiger partial charge in [-0.05, 0) is 0 Å². The molecular formula is C7H8F6O2. The molecule has 1 N–H and O–H groups in total. The summed E-state index contributed by atoms with van der Waals surface area (Å²) < 4.78 is 66.5. The normalized spacial score (nSPS) is 11.3. The first-order valence-corrected chi connectivity index (χ1v) is 3.47. The minimum Gasteiger partial charge on any atom is -0.478 e. The van der Waals surface area contributed by atoms with Crippen LogP contribution in [0, 0.1) is 0 Å². The minimum absolute atomic E-state index is 0.833. The number of carboxylic acid groups (broad SMARTS) is 1. The Bertz CT molecular complexity index is 191. The summed E-state index contributed by atoms with van der Waals surface area (Å²) in [7, 11) is 0. The fraction of sp³-hybridized carbons (Fsp3) is 0.571. The smallest absolute Gasteiger partial charge is 0.389 e. The second kappa shape index (κ2) is 6.31. The lowest BCUT2D eigenvalue weighted by atomic mass is 10.3. The first kappa shape index (κ1) is 16.2. The molecule has 0 aliphatic carbocycles. The van der Waals surface area contributed by atoms with Crippen LogP contribution in [-0.2, 0) is 4.79 Å². The van der Waals surface area contributed by atoms with Crippen molar-refractivity contribution in [3.05, 3.63) is 12.7 Å². The van der Waals surface area contributed by atoms with Crippen LogP contribution in [0.4, 0.5) is 26.3 Å². The van der Waals surface area contributed by atoms with E-state index >= 15 is 0 Å². The summed E-state index contributed by atoms with van der Waals surface area (Å²) in [5, 5.41) is 7.60. The highest BCUT2D eigenvalue weighted by Gasteiger charge is 2.36. The average Bonchev–Trinajstić information content (AvgIpc) is 2.00. The lowest BCUT2D eigenvalue weighted by molar-refractivity contribution is -0.183. The van der Waals surface area contributed by atoms with E-state index in [2.05, 4.69) is 6.58 Å². The molecule has 0 spiro atoms. The number of hydrogen-bond acceptors (Lipinski definition) is 1. The van der Waals surface area contributed by atoms with E-state index < -0.39 is 31.2 Å². The van der Waals surface area contributed by atoms with E-state index in [1.54, 1.807) is 0 Å². The molecule has 0 radical (unpaired) electrons. The molecule has 0 aromatic heterocycles. The van der Waals surface area contributed by atoms with Crippen LogP contribution in [0.15, 0.2) is 12.7 Å². The molecule has 0 bridgehead atoms. The topological polar surface area (TPSA) is 37.3 Å². The number of aliphatic carboxylic acids is 1. The maximum absolute atomic E-state index is 11.1. The van der Waals surface area contributed by atoms with E-state index in [0.29, 0.717) is 0 Å². The second-order valence-corrected chi connectivity index (χ2v) is 2.27. The zero-order valence-corrected chi connectivity index (χ0v) is 7.32. The highest BCUT2D eigenvalue weighted by atomic mass is 19.4. The number of hydrogen-bond donors (Lipinski definition) is 1. The Balaban J connectivity index is 0. The lowest BCUT2D eigenvalue weighted by Gasteiger charge is -2.07. The largest absolute Gasteiger partial charge is 0.478 e. The van der Waals surface area contributed by atoms with Gasteiger partial charge in [0.05, 0.1) is 12.8 Å². The van der Waals surface area contributed by atoms with Crippen LogP contribution in [-0.4, -0.2) is 23.4 Å². The van der Waals surface area contributed by atoms with Crippen molar-refractivity contribution in [2.75, 3.05) is 0 Å². The van der Waals surface area contributed by atoms with Crippen molar-refractivity contribution in [3.63, 3.8) is 0 Å². The molecule has 0 aliphatic heterocycles. The van der Waals surface area contributed by atoms with Gasteiger partial charge >= 0.3 is 18.3 Å². The van der Waals surface area contributed by atoms with Crippen LogP contribution in [0.25, 0.3) is 0 Å². The Hall–Kier alpha value is -1.21. The third kappa shape index (κ3) is 24.5. The van der Waals surface area contributed by atoms with Crippen LogP contribution >= 0.6 is 0 Å². The average molecular weight is 238 g/mol. The fourth-order valence-corrected chi connectivity index (χ4v) is 0.283. The molecule has 0 saturated carbocycles. The van der Waals surface area contributed by atoms with Crippen molar-refractivity contribution in [2.45, 2.75) is 25.2 Å². The van der Waals surface area contributed by atoms with Crippen molar-refractivity contribution >= 4 is 5.97 Å². The zero-order valence-electron chi connectivity index (χ0n) is 7.32. The molecule has 0 amide bonds. The standard InChI is InChI=1S/C4H4F6.C3H4O2/c5-3(6,7)1-2-4(8,9)10;1-2-3(4)5/h1-2H2;2H,1H2,(H,4,5). The molecule has 0 unspecified atom stereocenters. The van der Waals surface area contributed by atoms with Crippen LogP contribution in [0.1, 0.15) is 12.8 Å². The van der Waals surface area contributed by atoms with Gasteiger partial charge in [0.1, 0.15) is 0 Å². The Morgan fingerprint density at radius 2 is 1.27 bits per heavy atom. The van der Waals surface area contributed by atoms with Gasteiger partial charge in [0.25, 0.3) is 0 Å². The van der Waals surface area contributed by atoms with E-state index in [9.17, 15) is 31.1 Å². The van der Waals surface area contributed by atoms with Gasteiger partial charge < -0.3 is 5.11 Å². The Morgan fingerprint density at radius 1 is 1.07 bits per heavy atom. The molecular weight excluding hydrogens is 230 g/mol. The van der Waals surface area contributed by atoms with Crippen LogP contribution in [0.5, 0.6) is 0 Å². The predicted octanol–water partition coefficient (Wildman–Crippen LogP) is 3.15. The van der Waals surface area contributed by atoms with E-state index in [1.807, 2.05) is 0 Å². The van der Waals surface area contributed by atoms with Gasteiger partial charge in [-0.3, -0.25) is 0 Å². The van der Waals surface area contributed by atoms with Crippen molar-refractivity contribution in [3.8, 4) is 0 Å². The van der Waals surface area contributed by atoms with E-state index in [0.717, 1.165) is 6.08 Å². The van der Waals surface area contributed by atoms with E-state index in [4.69, 9.17) is 5.11 Å². The monoisotopic (exact) mass is 238 g/mol. The number of alkyl halides is 6. The van der Waals surface area contributed by atoms with Crippen molar-refractivity contribution < 1.29 is 36.2 Å². The highest BCUT2D eigenvalue weighted by Crippen LogP contribution is 2.29.